The van der Waals surface area contributed by atoms with E-state index in [4.69, 9.17) is 16.4 Å². The second-order valence-corrected chi connectivity index (χ2v) is 5.25. The number of amides is 1. The van der Waals surface area contributed by atoms with Gasteiger partial charge in [-0.2, -0.15) is 0 Å². The van der Waals surface area contributed by atoms with Crippen LogP contribution in [0.2, 0.25) is 0 Å². The molecule has 0 fully saturated rings. The van der Waals surface area contributed by atoms with Gasteiger partial charge in [-0.15, -0.1) is 16.7 Å². The Morgan fingerprint density at radius 1 is 1.19 bits per heavy atom. The molecule has 1 amide bonds. The van der Waals surface area contributed by atoms with Crippen molar-refractivity contribution in [2.75, 3.05) is 5.06 Å². The van der Waals surface area contributed by atoms with Crippen LogP contribution < -0.4 is 5.06 Å². The third-order valence-corrected chi connectivity index (χ3v) is 3.71. The third-order valence-electron chi connectivity index (χ3n) is 3.21. The number of nitrogens with zero attached hydrogens (tertiary/aromatic N) is 1. The van der Waals surface area contributed by atoms with E-state index in [0.29, 0.717) is 12.1 Å². The average molecular weight is 312 g/mol. The van der Waals surface area contributed by atoms with Gasteiger partial charge in [-0.3, -0.25) is 4.79 Å². The Balaban J connectivity index is 3.38. The summed E-state index contributed by atoms with van der Waals surface area (Å²) in [6.07, 6.45) is 1.93. The molecule has 0 radical (unpaired) electrons. The number of carbonyl (C=O) groups is 2. The quantitative estimate of drug-likeness (QED) is 0.616. The predicted octanol–water partition coefficient (Wildman–Crippen LogP) is 3.64. The summed E-state index contributed by atoms with van der Waals surface area (Å²) in [4.78, 5) is 29.0. The second kappa shape index (κ2) is 8.03. The van der Waals surface area contributed by atoms with Gasteiger partial charge in [0.2, 0.25) is 0 Å². The highest BCUT2D eigenvalue weighted by molar-refractivity contribution is 6.32. The van der Waals surface area contributed by atoms with Crippen molar-refractivity contribution in [3.05, 3.63) is 29.3 Å². The lowest BCUT2D eigenvalue weighted by molar-refractivity contribution is -0.148. The molecule has 0 saturated heterocycles. The number of benzene rings is 1. The molecule has 0 aliphatic rings. The van der Waals surface area contributed by atoms with Crippen LogP contribution in [0.25, 0.3) is 0 Å². The van der Waals surface area contributed by atoms with Gasteiger partial charge in [0.05, 0.1) is 5.69 Å². The summed E-state index contributed by atoms with van der Waals surface area (Å²) < 4.78 is 0. The van der Waals surface area contributed by atoms with Crippen LogP contribution in [0.15, 0.2) is 18.2 Å². The number of hydrogen-bond acceptors (Lipinski definition) is 3. The molecule has 0 bridgehead atoms. The molecule has 0 spiro atoms. The van der Waals surface area contributed by atoms with E-state index >= 15 is 0 Å². The Labute approximate surface area is 131 Å². The molecule has 5 heteroatoms. The van der Waals surface area contributed by atoms with Crippen molar-refractivity contribution in [3.8, 4) is 0 Å². The monoisotopic (exact) mass is 311 g/mol. The number of aryl methyl sites for hydroxylation is 2. The zero-order valence-electron chi connectivity index (χ0n) is 13.0. The third kappa shape index (κ3) is 4.21. The summed E-state index contributed by atoms with van der Waals surface area (Å²) in [6, 6.07) is 5.79. The van der Waals surface area contributed by atoms with Crippen molar-refractivity contribution in [1.29, 1.82) is 0 Å². The molecule has 0 heterocycles. The van der Waals surface area contributed by atoms with Crippen molar-refractivity contribution >= 4 is 29.2 Å². The molecule has 0 aliphatic carbocycles. The summed E-state index contributed by atoms with van der Waals surface area (Å²) >= 11 is 6.05. The van der Waals surface area contributed by atoms with Gasteiger partial charge in [-0.05, 0) is 30.4 Å². The maximum absolute atomic E-state index is 12.5. The predicted molar refractivity (Wildman–Crippen MR) is 84.4 cm³/mol. The maximum Gasteiger partial charge on any atom is 0.330 e. The summed E-state index contributed by atoms with van der Waals surface area (Å²) in [5.74, 6) is -0.957. The molecule has 0 aromatic heterocycles. The van der Waals surface area contributed by atoms with Crippen LogP contribution in [0.4, 0.5) is 5.69 Å². The highest BCUT2D eigenvalue weighted by Gasteiger charge is 2.28. The molecule has 0 N–H and O–H groups in total. The number of carbonyl (C=O) groups excluding carboxylic acids is 2. The summed E-state index contributed by atoms with van der Waals surface area (Å²) in [6.45, 7) is 7.07. The number of anilines is 1. The molecular formula is C16H22ClNO3. The van der Waals surface area contributed by atoms with Crippen LogP contribution >= 0.6 is 11.6 Å². The molecule has 1 rings (SSSR count). The minimum atomic E-state index is -0.723. The number of hydrogen-bond donors (Lipinski definition) is 0. The zero-order chi connectivity index (χ0) is 16.0. The van der Waals surface area contributed by atoms with E-state index in [2.05, 4.69) is 0 Å². The fourth-order valence-corrected chi connectivity index (χ4v) is 2.20. The Morgan fingerprint density at radius 2 is 1.71 bits per heavy atom. The van der Waals surface area contributed by atoms with Crippen LogP contribution in [-0.2, 0) is 27.3 Å². The minimum Gasteiger partial charge on any atom is -0.333 e. The van der Waals surface area contributed by atoms with Gasteiger partial charge >= 0.3 is 5.97 Å². The largest absolute Gasteiger partial charge is 0.333 e. The Bertz CT molecular complexity index is 494. The molecule has 116 valence electrons. The zero-order valence-corrected chi connectivity index (χ0v) is 13.7. The molecule has 1 unspecified atom stereocenters. The fraction of sp³-hybridized carbons (Fsp3) is 0.500. The topological polar surface area (TPSA) is 46.6 Å². The highest BCUT2D eigenvalue weighted by Crippen LogP contribution is 2.29. The number of alkyl halides is 1. The van der Waals surface area contributed by atoms with Crippen LogP contribution in [0, 0.1) is 0 Å². The van der Waals surface area contributed by atoms with E-state index in [9.17, 15) is 9.59 Å². The summed E-state index contributed by atoms with van der Waals surface area (Å²) in [5, 5.41) is 0.347. The van der Waals surface area contributed by atoms with E-state index in [1.54, 1.807) is 0 Å². The first-order valence-electron chi connectivity index (χ1n) is 7.23. The number of para-hydroxylation sites is 1. The highest BCUT2D eigenvalue weighted by atomic mass is 35.5. The van der Waals surface area contributed by atoms with Crippen molar-refractivity contribution in [3.63, 3.8) is 0 Å². The molecule has 1 atom stereocenters. The molecule has 21 heavy (non-hydrogen) atoms. The first kappa shape index (κ1) is 17.5. The smallest absolute Gasteiger partial charge is 0.330 e. The van der Waals surface area contributed by atoms with E-state index in [-0.39, 0.29) is 0 Å². The Kier molecular flexibility index (Phi) is 6.69. The van der Waals surface area contributed by atoms with Crippen LogP contribution in [0.3, 0.4) is 0 Å². The SMILES string of the molecule is CCc1cccc(CC)c1N(OC(C)=O)C(=O)C(Cl)CC. The van der Waals surface area contributed by atoms with Crippen LogP contribution in [0.1, 0.15) is 45.2 Å². The molecule has 4 nitrogen and oxygen atoms in total. The van der Waals surface area contributed by atoms with E-state index in [1.807, 2.05) is 39.0 Å². The lowest BCUT2D eigenvalue weighted by Crippen LogP contribution is -2.39. The normalized spacial score (nSPS) is 11.9. The molecule has 1 aromatic rings. The maximum atomic E-state index is 12.5. The number of rotatable bonds is 5. The Morgan fingerprint density at radius 3 is 2.10 bits per heavy atom. The molecule has 0 saturated carbocycles. The lowest BCUT2D eigenvalue weighted by atomic mass is 10.0. The van der Waals surface area contributed by atoms with Gasteiger partial charge in [-0.25, -0.2) is 4.79 Å². The lowest BCUT2D eigenvalue weighted by Gasteiger charge is -2.26. The van der Waals surface area contributed by atoms with Crippen LogP contribution in [0.5, 0.6) is 0 Å². The summed E-state index contributed by atoms with van der Waals surface area (Å²) in [5.41, 5.74) is 2.54. The first-order chi connectivity index (χ1) is 9.96. The van der Waals surface area contributed by atoms with Crippen molar-refractivity contribution in [2.45, 2.75) is 52.3 Å². The van der Waals surface area contributed by atoms with Gasteiger partial charge in [-0.1, -0.05) is 39.0 Å². The number of halogens is 1. The van der Waals surface area contributed by atoms with Crippen molar-refractivity contribution in [2.24, 2.45) is 0 Å². The van der Waals surface area contributed by atoms with Gasteiger partial charge in [0, 0.05) is 6.92 Å². The van der Waals surface area contributed by atoms with Crippen molar-refractivity contribution in [1.82, 2.24) is 0 Å². The summed E-state index contributed by atoms with van der Waals surface area (Å²) in [7, 11) is 0. The minimum absolute atomic E-state index is 0.412. The molecule has 1 aromatic carbocycles. The average Bonchev–Trinajstić information content (AvgIpc) is 2.50. The van der Waals surface area contributed by atoms with Crippen LogP contribution in [-0.4, -0.2) is 17.3 Å². The van der Waals surface area contributed by atoms with E-state index in [1.165, 1.54) is 6.92 Å². The molecule has 0 aliphatic heterocycles. The van der Waals surface area contributed by atoms with Gasteiger partial charge < -0.3 is 4.84 Å². The first-order valence-corrected chi connectivity index (χ1v) is 7.67. The van der Waals surface area contributed by atoms with E-state index < -0.39 is 17.3 Å². The fourth-order valence-electron chi connectivity index (χ4n) is 2.11. The van der Waals surface area contributed by atoms with Gasteiger partial charge in [0.15, 0.2) is 0 Å². The van der Waals surface area contributed by atoms with E-state index in [0.717, 1.165) is 29.0 Å². The second-order valence-electron chi connectivity index (χ2n) is 4.72. The van der Waals surface area contributed by atoms with Crippen molar-refractivity contribution < 1.29 is 14.4 Å². The standard InChI is InChI=1S/C16H22ClNO3/c1-5-12-9-8-10-13(6-2)15(12)18(21-11(4)19)16(20)14(17)7-3/h8-10,14H,5-7H2,1-4H3. The molecular weight excluding hydrogens is 290 g/mol. The number of hydroxylamine groups is 1. The van der Waals surface area contributed by atoms with Gasteiger partial charge in [0.25, 0.3) is 5.91 Å². The van der Waals surface area contributed by atoms with Gasteiger partial charge in [0.1, 0.15) is 5.38 Å². The Hall–Kier alpha value is -1.55.